The van der Waals surface area contributed by atoms with Gasteiger partial charge in [-0.3, -0.25) is 4.79 Å². The molecule has 0 saturated carbocycles. The van der Waals surface area contributed by atoms with Gasteiger partial charge in [-0.15, -0.1) is 0 Å². The van der Waals surface area contributed by atoms with Crippen LogP contribution in [0.2, 0.25) is 0 Å². The minimum atomic E-state index is -2.90. The monoisotopic (exact) mass is 416 g/mol. The summed E-state index contributed by atoms with van der Waals surface area (Å²) in [4.78, 5) is 21.3. The molecule has 0 aliphatic rings. The Hall–Kier alpha value is 0.310. The highest BCUT2D eigenvalue weighted by Gasteiger charge is 2.28. The molecule has 0 aliphatic heterocycles. The van der Waals surface area contributed by atoms with Crippen molar-refractivity contribution in [1.82, 2.24) is 0 Å². The number of aliphatic carboxylic acids is 1. The molecule has 1 N–H and O–H groups in total. The second-order valence-electron chi connectivity index (χ2n) is 5.88. The predicted octanol–water partition coefficient (Wildman–Crippen LogP) is 5.86. The highest BCUT2D eigenvalue weighted by Crippen LogP contribution is 2.63. The summed E-state index contributed by atoms with van der Waals surface area (Å²) in [5.74, 6) is -0.887. The van der Waals surface area contributed by atoms with E-state index in [0.29, 0.717) is 13.2 Å². The lowest BCUT2D eigenvalue weighted by Gasteiger charge is -2.21. The smallest absolute Gasteiger partial charge is 0.307 e. The minimum Gasteiger partial charge on any atom is -0.481 e. The van der Waals surface area contributed by atoms with E-state index in [1.807, 2.05) is 0 Å². The number of carboxylic acids is 1. The van der Waals surface area contributed by atoms with Crippen LogP contribution in [-0.4, -0.2) is 29.5 Å². The van der Waals surface area contributed by atoms with Crippen LogP contribution < -0.4 is 0 Å². The molecule has 25 heavy (non-hydrogen) atoms. The van der Waals surface area contributed by atoms with Crippen molar-refractivity contribution in [3.63, 3.8) is 0 Å². The number of rotatable bonds is 18. The second-order valence-corrected chi connectivity index (χ2v) is 12.3. The molecular formula is C16H33O6PS2. The van der Waals surface area contributed by atoms with Gasteiger partial charge in [-0.2, -0.15) is 9.35 Å². The quantitative estimate of drug-likeness (QED) is 0.129. The molecule has 0 radical (unpaired) electrons. The zero-order valence-corrected chi connectivity index (χ0v) is 18.1. The number of carboxylic acid groups (broad SMARTS) is 1. The van der Waals surface area contributed by atoms with Gasteiger partial charge in [0.2, 0.25) is 0 Å². The van der Waals surface area contributed by atoms with Gasteiger partial charge in [0, 0.05) is 5.25 Å². The summed E-state index contributed by atoms with van der Waals surface area (Å²) < 4.78 is 10.7. The van der Waals surface area contributed by atoms with E-state index in [9.17, 15) is 4.79 Å². The third-order valence-corrected chi connectivity index (χ3v) is 7.94. The van der Waals surface area contributed by atoms with Gasteiger partial charge in [0.25, 0.3) is 0 Å². The van der Waals surface area contributed by atoms with Crippen LogP contribution in [0.1, 0.15) is 78.6 Å². The van der Waals surface area contributed by atoms with E-state index in [0.717, 1.165) is 62.7 Å². The molecule has 0 aliphatic carbocycles. The molecule has 0 saturated heterocycles. The van der Waals surface area contributed by atoms with Crippen LogP contribution in [0.5, 0.6) is 0 Å². The first-order valence-corrected chi connectivity index (χ1v) is 13.2. The van der Waals surface area contributed by atoms with Crippen LogP contribution in [-0.2, 0) is 35.7 Å². The second kappa shape index (κ2) is 16.5. The van der Waals surface area contributed by atoms with Crippen LogP contribution >= 0.6 is 17.1 Å². The van der Waals surface area contributed by atoms with E-state index in [4.69, 9.17) is 36.0 Å². The maximum absolute atomic E-state index is 10.8. The number of carbonyl (C=O) groups is 1. The third-order valence-electron chi connectivity index (χ3n) is 3.22. The van der Waals surface area contributed by atoms with Gasteiger partial charge in [0.1, 0.15) is 0 Å². The lowest BCUT2D eigenvalue weighted by Crippen LogP contribution is -2.07. The van der Waals surface area contributed by atoms with E-state index < -0.39 is 11.7 Å². The number of hydrogen-bond acceptors (Lipinski definition) is 7. The Morgan fingerprint density at radius 2 is 1.48 bits per heavy atom. The first kappa shape index (κ1) is 25.3. The normalized spacial score (nSPS) is 13.1. The molecule has 0 aromatic rings. The summed E-state index contributed by atoms with van der Waals surface area (Å²) in [7, 11) is 0. The lowest BCUT2D eigenvalue weighted by molar-refractivity contribution is -0.253. The Labute approximate surface area is 161 Å². The Kier molecular flexibility index (Phi) is 16.7. The first-order valence-electron chi connectivity index (χ1n) is 9.06. The van der Waals surface area contributed by atoms with Crippen LogP contribution in [0.3, 0.4) is 0 Å². The van der Waals surface area contributed by atoms with Gasteiger partial charge < -0.3 is 5.11 Å². The maximum Gasteiger partial charge on any atom is 0.307 e. The van der Waals surface area contributed by atoms with Crippen molar-refractivity contribution in [3.8, 4) is 0 Å². The highest BCUT2D eigenvalue weighted by molar-refractivity contribution is 8.68. The van der Waals surface area contributed by atoms with E-state index in [-0.39, 0.29) is 11.7 Å². The molecular weight excluding hydrogens is 383 g/mol. The summed E-state index contributed by atoms with van der Waals surface area (Å²) in [6.45, 7) is 6.93. The zero-order chi connectivity index (χ0) is 19.0. The molecule has 9 heteroatoms. The Balaban J connectivity index is 4.28. The number of unbranched alkanes of at least 4 members (excludes halogenated alkanes) is 6. The average Bonchev–Trinajstić information content (AvgIpc) is 2.53. The molecule has 0 heterocycles. The molecule has 0 spiro atoms. The lowest BCUT2D eigenvalue weighted by atomic mass is 10.2. The largest absolute Gasteiger partial charge is 0.481 e. The van der Waals surface area contributed by atoms with Gasteiger partial charge in [-0.05, 0) is 24.6 Å². The van der Waals surface area contributed by atoms with E-state index in [2.05, 4.69) is 13.8 Å². The molecule has 0 fully saturated rings. The fraction of sp³-hybridized carbons (Fsp3) is 0.938. The fourth-order valence-electron chi connectivity index (χ4n) is 1.93. The van der Waals surface area contributed by atoms with E-state index in [1.54, 1.807) is 6.92 Å². The Morgan fingerprint density at radius 3 is 1.88 bits per heavy atom. The molecule has 1 unspecified atom stereocenters. The molecule has 0 amide bonds. The fourth-order valence-corrected chi connectivity index (χ4v) is 6.69. The van der Waals surface area contributed by atoms with Gasteiger partial charge in [-0.1, -0.05) is 70.7 Å². The zero-order valence-electron chi connectivity index (χ0n) is 15.6. The van der Waals surface area contributed by atoms with Gasteiger partial charge in [0.15, 0.2) is 0 Å². The average molecular weight is 417 g/mol. The molecule has 0 rings (SSSR count). The van der Waals surface area contributed by atoms with Gasteiger partial charge in [-0.25, -0.2) is 9.78 Å². The summed E-state index contributed by atoms with van der Waals surface area (Å²) in [6.07, 6.45) is 8.49. The van der Waals surface area contributed by atoms with Crippen molar-refractivity contribution < 1.29 is 29.0 Å². The molecule has 1 atom stereocenters. The van der Waals surface area contributed by atoms with Crippen molar-refractivity contribution in [2.75, 3.05) is 13.2 Å². The van der Waals surface area contributed by atoms with Crippen molar-refractivity contribution in [2.45, 2.75) is 83.8 Å². The summed E-state index contributed by atoms with van der Waals surface area (Å²) in [5.41, 5.74) is -2.90. The maximum atomic E-state index is 10.8. The molecule has 0 bridgehead atoms. The molecule has 150 valence electrons. The Morgan fingerprint density at radius 1 is 1.00 bits per heavy atom. The first-order chi connectivity index (χ1) is 11.9. The SMILES string of the molecule is CCCCCCOOP(=S)(OOCCCCCC)SC(C)CC(=O)O. The minimum absolute atomic E-state index is 0.0250. The van der Waals surface area contributed by atoms with Crippen LogP contribution in [0.4, 0.5) is 0 Å². The highest BCUT2D eigenvalue weighted by atomic mass is 32.9. The van der Waals surface area contributed by atoms with Crippen molar-refractivity contribution in [3.05, 3.63) is 0 Å². The van der Waals surface area contributed by atoms with Crippen molar-refractivity contribution >= 4 is 34.9 Å². The number of hydrogen-bond donors (Lipinski definition) is 1. The summed E-state index contributed by atoms with van der Waals surface area (Å²) >= 11 is 6.58. The van der Waals surface area contributed by atoms with Crippen molar-refractivity contribution in [1.29, 1.82) is 0 Å². The third kappa shape index (κ3) is 16.2. The topological polar surface area (TPSA) is 74.2 Å². The summed E-state index contributed by atoms with van der Waals surface area (Å²) in [6, 6.07) is 0. The van der Waals surface area contributed by atoms with E-state index >= 15 is 0 Å². The molecule has 6 nitrogen and oxygen atoms in total. The standard InChI is InChI=1S/C16H33O6PS2/c1-4-6-8-10-12-19-21-23(24,25-15(3)14-16(17)18)22-20-13-11-9-7-5-2/h15H,4-14H2,1-3H3,(H,17,18). The predicted molar refractivity (Wildman–Crippen MR) is 106 cm³/mol. The van der Waals surface area contributed by atoms with Crippen molar-refractivity contribution in [2.24, 2.45) is 0 Å². The summed E-state index contributed by atoms with van der Waals surface area (Å²) in [5, 5.41) is 8.64. The van der Waals surface area contributed by atoms with Crippen LogP contribution in [0, 0.1) is 0 Å². The van der Waals surface area contributed by atoms with Crippen LogP contribution in [0.15, 0.2) is 0 Å². The van der Waals surface area contributed by atoms with Crippen LogP contribution in [0.25, 0.3) is 0 Å². The Bertz CT molecular complexity index is 364. The van der Waals surface area contributed by atoms with Gasteiger partial charge >= 0.3 is 11.7 Å². The van der Waals surface area contributed by atoms with E-state index in [1.165, 1.54) is 0 Å². The molecule has 0 aromatic heterocycles. The molecule has 0 aromatic carbocycles. The van der Waals surface area contributed by atoms with Gasteiger partial charge in [0.05, 0.1) is 19.6 Å².